The molecule has 0 fully saturated rings. The highest BCUT2D eigenvalue weighted by molar-refractivity contribution is 6.39. The van der Waals surface area contributed by atoms with Crippen molar-refractivity contribution in [3.8, 4) is 5.75 Å². The Bertz CT molecular complexity index is 1180. The van der Waals surface area contributed by atoms with Crippen LogP contribution in [0.15, 0.2) is 66.7 Å². The molecular formula is C23H17ClN2O4. The van der Waals surface area contributed by atoms with E-state index in [2.05, 4.69) is 5.32 Å². The molecule has 1 aliphatic heterocycles. The quantitative estimate of drug-likeness (QED) is 0.631. The van der Waals surface area contributed by atoms with E-state index in [0.29, 0.717) is 16.5 Å². The van der Waals surface area contributed by atoms with Gasteiger partial charge in [0.15, 0.2) is 0 Å². The van der Waals surface area contributed by atoms with Gasteiger partial charge in [-0.2, -0.15) is 0 Å². The van der Waals surface area contributed by atoms with Gasteiger partial charge < -0.3 is 10.1 Å². The second kappa shape index (κ2) is 8.00. The van der Waals surface area contributed by atoms with Gasteiger partial charge in [0.25, 0.3) is 17.7 Å². The van der Waals surface area contributed by atoms with E-state index < -0.39 is 11.8 Å². The lowest BCUT2D eigenvalue weighted by Crippen LogP contribution is -2.29. The topological polar surface area (TPSA) is 75.7 Å². The molecule has 0 saturated carbocycles. The van der Waals surface area contributed by atoms with Crippen molar-refractivity contribution < 1.29 is 19.1 Å². The van der Waals surface area contributed by atoms with Gasteiger partial charge in [0.2, 0.25) is 0 Å². The molecule has 1 heterocycles. The lowest BCUT2D eigenvalue weighted by atomic mass is 10.1. The van der Waals surface area contributed by atoms with Crippen LogP contribution in [0.4, 0.5) is 5.69 Å². The first kappa shape index (κ1) is 19.7. The second-order valence-corrected chi connectivity index (χ2v) is 7.06. The molecule has 3 aromatic rings. The number of imide groups is 1. The van der Waals surface area contributed by atoms with Crippen molar-refractivity contribution in [3.05, 3.63) is 94.0 Å². The Morgan fingerprint density at radius 2 is 1.67 bits per heavy atom. The number of nitrogens with zero attached hydrogens (tertiary/aromatic N) is 1. The van der Waals surface area contributed by atoms with Crippen LogP contribution in [-0.4, -0.2) is 24.8 Å². The van der Waals surface area contributed by atoms with Crippen molar-refractivity contribution in [2.75, 3.05) is 12.0 Å². The molecule has 7 heteroatoms. The Labute approximate surface area is 178 Å². The molecule has 0 bridgehead atoms. The van der Waals surface area contributed by atoms with Crippen LogP contribution in [0.2, 0.25) is 5.02 Å². The first-order chi connectivity index (χ1) is 14.5. The van der Waals surface area contributed by atoms with E-state index in [9.17, 15) is 14.4 Å². The van der Waals surface area contributed by atoms with Crippen molar-refractivity contribution in [3.63, 3.8) is 0 Å². The highest BCUT2D eigenvalue weighted by Gasteiger charge is 2.38. The number of carbonyl (C=O) groups is 3. The number of methoxy groups -OCH3 is 1. The van der Waals surface area contributed by atoms with E-state index in [-0.39, 0.29) is 29.1 Å². The molecule has 30 heavy (non-hydrogen) atoms. The minimum atomic E-state index is -0.512. The lowest BCUT2D eigenvalue weighted by molar-refractivity contribution is 0.0923. The zero-order valence-corrected chi connectivity index (χ0v) is 16.8. The van der Waals surface area contributed by atoms with Gasteiger partial charge in [-0.3, -0.25) is 14.4 Å². The molecule has 0 unspecified atom stereocenters. The fourth-order valence-electron chi connectivity index (χ4n) is 3.36. The number of hydrogen-bond acceptors (Lipinski definition) is 4. The van der Waals surface area contributed by atoms with Crippen LogP contribution in [-0.2, 0) is 6.54 Å². The summed E-state index contributed by atoms with van der Waals surface area (Å²) in [5.41, 5.74) is 1.83. The molecule has 150 valence electrons. The second-order valence-electron chi connectivity index (χ2n) is 6.65. The van der Waals surface area contributed by atoms with Gasteiger partial charge in [-0.1, -0.05) is 41.9 Å². The average Bonchev–Trinajstić information content (AvgIpc) is 3.02. The first-order valence-corrected chi connectivity index (χ1v) is 9.56. The maximum atomic E-state index is 12.9. The molecular weight excluding hydrogens is 404 g/mol. The molecule has 0 spiro atoms. The molecule has 0 aliphatic carbocycles. The van der Waals surface area contributed by atoms with Gasteiger partial charge in [0.1, 0.15) is 5.75 Å². The summed E-state index contributed by atoms with van der Waals surface area (Å²) >= 11 is 6.16. The van der Waals surface area contributed by atoms with Gasteiger partial charge in [0.05, 0.1) is 28.9 Å². The fourth-order valence-corrected chi connectivity index (χ4v) is 3.58. The molecule has 4 rings (SSSR count). The smallest absolute Gasteiger partial charge is 0.266 e. The Morgan fingerprint density at radius 3 is 2.43 bits per heavy atom. The normalized spacial score (nSPS) is 12.7. The van der Waals surface area contributed by atoms with Crippen LogP contribution in [0.25, 0.3) is 0 Å². The van der Waals surface area contributed by atoms with Crippen LogP contribution in [0, 0.1) is 0 Å². The highest BCUT2D eigenvalue weighted by Crippen LogP contribution is 2.33. The molecule has 0 saturated heterocycles. The van der Waals surface area contributed by atoms with E-state index in [4.69, 9.17) is 16.3 Å². The van der Waals surface area contributed by atoms with E-state index >= 15 is 0 Å². The Hall–Kier alpha value is -3.64. The third kappa shape index (κ3) is 3.42. The summed E-state index contributed by atoms with van der Waals surface area (Å²) in [6, 6.07) is 18.4. The summed E-state index contributed by atoms with van der Waals surface area (Å²) in [6.45, 7) is 0.262. The molecule has 0 radical (unpaired) electrons. The minimum absolute atomic E-state index is 0.171. The van der Waals surface area contributed by atoms with Crippen molar-refractivity contribution in [1.29, 1.82) is 0 Å². The SMILES string of the molecule is COc1ccccc1CNC(=O)c1ccc2c(c1)C(=O)N(c1ccccc1Cl)C2=O. The van der Waals surface area contributed by atoms with Crippen molar-refractivity contribution >= 4 is 35.0 Å². The molecule has 3 aromatic carbocycles. The molecule has 0 atom stereocenters. The van der Waals surface area contributed by atoms with Crippen LogP contribution >= 0.6 is 11.6 Å². The first-order valence-electron chi connectivity index (χ1n) is 9.18. The zero-order valence-electron chi connectivity index (χ0n) is 16.0. The number of hydrogen-bond donors (Lipinski definition) is 1. The number of carbonyl (C=O) groups excluding carboxylic acids is 3. The average molecular weight is 421 g/mol. The summed E-state index contributed by atoms with van der Waals surface area (Å²) in [4.78, 5) is 39.3. The van der Waals surface area contributed by atoms with Gasteiger partial charge in [-0.05, 0) is 36.4 Å². The van der Waals surface area contributed by atoms with Gasteiger partial charge >= 0.3 is 0 Å². The van der Waals surface area contributed by atoms with Gasteiger partial charge in [-0.25, -0.2) is 4.90 Å². The van der Waals surface area contributed by atoms with Crippen molar-refractivity contribution in [2.24, 2.45) is 0 Å². The summed E-state index contributed by atoms with van der Waals surface area (Å²) < 4.78 is 5.28. The molecule has 1 N–H and O–H groups in total. The number of para-hydroxylation sites is 2. The van der Waals surface area contributed by atoms with Crippen LogP contribution in [0.1, 0.15) is 36.6 Å². The van der Waals surface area contributed by atoms with Gasteiger partial charge in [0, 0.05) is 17.7 Å². The summed E-state index contributed by atoms with van der Waals surface area (Å²) in [7, 11) is 1.56. The van der Waals surface area contributed by atoms with Crippen LogP contribution < -0.4 is 15.0 Å². The predicted molar refractivity (Wildman–Crippen MR) is 113 cm³/mol. The summed E-state index contributed by atoms with van der Waals surface area (Å²) in [5.74, 6) is -0.672. The maximum absolute atomic E-state index is 12.9. The van der Waals surface area contributed by atoms with E-state index in [1.54, 1.807) is 31.4 Å². The Kier molecular flexibility index (Phi) is 5.25. The number of anilines is 1. The van der Waals surface area contributed by atoms with E-state index in [1.165, 1.54) is 18.2 Å². The molecule has 6 nitrogen and oxygen atoms in total. The van der Waals surface area contributed by atoms with Crippen molar-refractivity contribution in [2.45, 2.75) is 6.54 Å². The number of amides is 3. The van der Waals surface area contributed by atoms with E-state index in [1.807, 2.05) is 24.3 Å². The number of fused-ring (bicyclic) bond motifs is 1. The van der Waals surface area contributed by atoms with Gasteiger partial charge in [-0.15, -0.1) is 0 Å². The number of benzene rings is 3. The molecule has 3 amide bonds. The van der Waals surface area contributed by atoms with Crippen molar-refractivity contribution in [1.82, 2.24) is 5.32 Å². The molecule has 1 aliphatic rings. The zero-order chi connectivity index (χ0) is 21.3. The number of halogens is 1. The number of nitrogens with one attached hydrogen (secondary N) is 1. The molecule has 0 aromatic heterocycles. The standard InChI is InChI=1S/C23H17ClN2O4/c1-30-20-9-5-2-6-15(20)13-25-21(27)14-10-11-16-17(12-14)23(29)26(22(16)28)19-8-4-3-7-18(19)24/h2-12H,13H2,1H3,(H,25,27). The van der Waals surface area contributed by atoms with Crippen LogP contribution in [0.5, 0.6) is 5.75 Å². The van der Waals surface area contributed by atoms with E-state index in [0.717, 1.165) is 10.5 Å². The Balaban J connectivity index is 1.57. The monoisotopic (exact) mass is 420 g/mol. The summed E-state index contributed by atoms with van der Waals surface area (Å²) in [5, 5.41) is 3.10. The highest BCUT2D eigenvalue weighted by atomic mass is 35.5. The third-order valence-electron chi connectivity index (χ3n) is 4.87. The Morgan fingerprint density at radius 1 is 0.967 bits per heavy atom. The third-order valence-corrected chi connectivity index (χ3v) is 5.19. The van der Waals surface area contributed by atoms with Crippen LogP contribution in [0.3, 0.4) is 0 Å². The minimum Gasteiger partial charge on any atom is -0.496 e. The number of ether oxygens (including phenoxy) is 1. The maximum Gasteiger partial charge on any atom is 0.266 e. The number of rotatable bonds is 5. The fraction of sp³-hybridized carbons (Fsp3) is 0.0870. The predicted octanol–water partition coefficient (Wildman–Crippen LogP) is 4.08. The summed E-state index contributed by atoms with van der Waals surface area (Å²) in [6.07, 6.45) is 0. The largest absolute Gasteiger partial charge is 0.496 e. The lowest BCUT2D eigenvalue weighted by Gasteiger charge is -2.15.